The lowest BCUT2D eigenvalue weighted by molar-refractivity contribution is -0.134. The molecule has 6 heteroatoms. The van der Waals surface area contributed by atoms with Crippen LogP contribution in [0, 0.1) is 6.92 Å². The molecule has 2 N–H and O–H groups in total. The lowest BCUT2D eigenvalue weighted by Gasteiger charge is -2.29. The van der Waals surface area contributed by atoms with E-state index in [0.29, 0.717) is 13.0 Å². The van der Waals surface area contributed by atoms with Gasteiger partial charge in [-0.1, -0.05) is 29.8 Å². The van der Waals surface area contributed by atoms with Crippen molar-refractivity contribution in [1.29, 1.82) is 0 Å². The van der Waals surface area contributed by atoms with Gasteiger partial charge in [-0.3, -0.25) is 4.79 Å². The number of sulfone groups is 1. The molecule has 1 saturated heterocycles. The summed E-state index contributed by atoms with van der Waals surface area (Å²) in [7, 11) is -3.01. The average Bonchev–Trinajstić information content (AvgIpc) is 2.79. The summed E-state index contributed by atoms with van der Waals surface area (Å²) in [5.74, 6) is -0.00234. The van der Waals surface area contributed by atoms with Crippen LogP contribution in [0.3, 0.4) is 0 Å². The van der Waals surface area contributed by atoms with Crippen LogP contribution in [0.1, 0.15) is 30.5 Å². The molecule has 1 amide bonds. The molecule has 0 spiro atoms. The molecular formula is C15H22N2O3S. The number of hydrogen-bond donors (Lipinski definition) is 1. The molecule has 1 fully saturated rings. The Morgan fingerprint density at radius 2 is 2.00 bits per heavy atom. The number of nitrogens with two attached hydrogens (primary N) is 1. The second kappa shape index (κ2) is 6.15. The van der Waals surface area contributed by atoms with Crippen molar-refractivity contribution in [1.82, 2.24) is 4.90 Å². The summed E-state index contributed by atoms with van der Waals surface area (Å²) in [6.07, 6.45) is 0.503. The zero-order chi connectivity index (χ0) is 15.6. The van der Waals surface area contributed by atoms with Gasteiger partial charge in [0.25, 0.3) is 0 Å². The van der Waals surface area contributed by atoms with Crippen LogP contribution in [0.4, 0.5) is 0 Å². The van der Waals surface area contributed by atoms with Gasteiger partial charge < -0.3 is 10.6 Å². The van der Waals surface area contributed by atoms with E-state index in [2.05, 4.69) is 0 Å². The van der Waals surface area contributed by atoms with Gasteiger partial charge in [0.1, 0.15) is 6.04 Å². The van der Waals surface area contributed by atoms with Crippen LogP contribution < -0.4 is 5.73 Å². The number of hydrogen-bond acceptors (Lipinski definition) is 4. The second-order valence-corrected chi connectivity index (χ2v) is 7.80. The van der Waals surface area contributed by atoms with Gasteiger partial charge in [-0.05, 0) is 25.8 Å². The van der Waals surface area contributed by atoms with E-state index in [1.807, 2.05) is 38.1 Å². The fourth-order valence-corrected chi connectivity index (χ4v) is 4.44. The van der Waals surface area contributed by atoms with Crippen LogP contribution in [0.2, 0.25) is 0 Å². The maximum absolute atomic E-state index is 12.6. The topological polar surface area (TPSA) is 80.5 Å². The molecule has 0 saturated carbocycles. The van der Waals surface area contributed by atoms with E-state index in [9.17, 15) is 13.2 Å². The quantitative estimate of drug-likeness (QED) is 0.900. The molecule has 116 valence electrons. The molecule has 0 radical (unpaired) electrons. The fraction of sp³-hybridized carbons (Fsp3) is 0.533. The van der Waals surface area contributed by atoms with Crippen molar-refractivity contribution in [2.24, 2.45) is 5.73 Å². The first-order valence-corrected chi connectivity index (χ1v) is 8.99. The monoisotopic (exact) mass is 310 g/mol. The smallest absolute Gasteiger partial charge is 0.244 e. The lowest BCUT2D eigenvalue weighted by atomic mass is 10.0. The fourth-order valence-electron chi connectivity index (χ4n) is 2.71. The summed E-state index contributed by atoms with van der Waals surface area (Å²) in [6, 6.07) is 6.53. The van der Waals surface area contributed by atoms with Gasteiger partial charge in [0, 0.05) is 12.6 Å². The zero-order valence-electron chi connectivity index (χ0n) is 12.5. The van der Waals surface area contributed by atoms with Crippen LogP contribution in [-0.2, 0) is 14.6 Å². The van der Waals surface area contributed by atoms with Crippen molar-refractivity contribution in [2.75, 3.05) is 18.1 Å². The molecule has 2 unspecified atom stereocenters. The highest BCUT2D eigenvalue weighted by Gasteiger charge is 2.35. The highest BCUT2D eigenvalue weighted by atomic mass is 32.2. The molecule has 1 aliphatic rings. The van der Waals surface area contributed by atoms with E-state index in [1.165, 1.54) is 0 Å². The maximum atomic E-state index is 12.6. The Labute approximate surface area is 126 Å². The number of benzene rings is 1. The maximum Gasteiger partial charge on any atom is 0.244 e. The summed E-state index contributed by atoms with van der Waals surface area (Å²) in [5.41, 5.74) is 7.92. The molecular weight excluding hydrogens is 288 g/mol. The van der Waals surface area contributed by atoms with Crippen LogP contribution in [0.15, 0.2) is 24.3 Å². The number of rotatable bonds is 4. The second-order valence-electron chi connectivity index (χ2n) is 5.57. The molecule has 1 aromatic carbocycles. The molecule has 5 nitrogen and oxygen atoms in total. The van der Waals surface area contributed by atoms with Crippen LogP contribution in [0.5, 0.6) is 0 Å². The minimum atomic E-state index is -3.01. The molecule has 1 heterocycles. The number of carbonyl (C=O) groups is 1. The number of aryl methyl sites for hydroxylation is 1. The molecule has 0 aliphatic carbocycles. The Bertz CT molecular complexity index is 610. The molecule has 2 atom stereocenters. The molecule has 0 aromatic heterocycles. The molecule has 2 rings (SSSR count). The number of amides is 1. The Morgan fingerprint density at radius 3 is 2.48 bits per heavy atom. The van der Waals surface area contributed by atoms with Gasteiger partial charge in [0.2, 0.25) is 5.91 Å². The zero-order valence-corrected chi connectivity index (χ0v) is 13.3. The van der Waals surface area contributed by atoms with Gasteiger partial charge in [-0.2, -0.15) is 0 Å². The minimum absolute atomic E-state index is 0.0488. The third-order valence-corrected chi connectivity index (χ3v) is 5.73. The van der Waals surface area contributed by atoms with Crippen molar-refractivity contribution in [3.05, 3.63) is 35.4 Å². The van der Waals surface area contributed by atoms with E-state index in [1.54, 1.807) is 4.90 Å². The van der Waals surface area contributed by atoms with Gasteiger partial charge >= 0.3 is 0 Å². The molecule has 21 heavy (non-hydrogen) atoms. The summed E-state index contributed by atoms with van der Waals surface area (Å²) in [5, 5.41) is 0. The number of likely N-dealkylation sites (N-methyl/N-ethyl adjacent to an activating group) is 1. The van der Waals surface area contributed by atoms with E-state index in [0.717, 1.165) is 11.1 Å². The van der Waals surface area contributed by atoms with E-state index in [4.69, 9.17) is 5.73 Å². The predicted molar refractivity (Wildman–Crippen MR) is 82.6 cm³/mol. The molecule has 1 aliphatic heterocycles. The summed E-state index contributed by atoms with van der Waals surface area (Å²) < 4.78 is 23.2. The van der Waals surface area contributed by atoms with E-state index >= 15 is 0 Å². The first-order chi connectivity index (χ1) is 9.84. The largest absolute Gasteiger partial charge is 0.337 e. The summed E-state index contributed by atoms with van der Waals surface area (Å²) >= 11 is 0. The lowest BCUT2D eigenvalue weighted by Crippen LogP contribution is -2.45. The van der Waals surface area contributed by atoms with Gasteiger partial charge in [0.05, 0.1) is 11.5 Å². The standard InChI is InChI=1S/C15H22N2O3S/c1-3-17(13-8-9-21(19,20)10-13)15(18)14(16)12-6-4-11(2)5-7-12/h4-7,13-14H,3,8-10,16H2,1-2H3. The third kappa shape index (κ3) is 3.63. The highest BCUT2D eigenvalue weighted by molar-refractivity contribution is 7.91. The Morgan fingerprint density at radius 1 is 1.38 bits per heavy atom. The Hall–Kier alpha value is -1.40. The van der Waals surface area contributed by atoms with Crippen molar-refractivity contribution in [3.8, 4) is 0 Å². The van der Waals surface area contributed by atoms with Crippen molar-refractivity contribution in [3.63, 3.8) is 0 Å². The minimum Gasteiger partial charge on any atom is -0.337 e. The highest BCUT2D eigenvalue weighted by Crippen LogP contribution is 2.21. The van der Waals surface area contributed by atoms with Crippen molar-refractivity contribution >= 4 is 15.7 Å². The van der Waals surface area contributed by atoms with Gasteiger partial charge in [-0.15, -0.1) is 0 Å². The summed E-state index contributed by atoms with van der Waals surface area (Å²) in [4.78, 5) is 14.2. The average molecular weight is 310 g/mol. The first kappa shape index (κ1) is 16.0. The normalized spacial score (nSPS) is 22.0. The van der Waals surface area contributed by atoms with Crippen LogP contribution in [0.25, 0.3) is 0 Å². The predicted octanol–water partition coefficient (Wildman–Crippen LogP) is 1.03. The Balaban J connectivity index is 2.14. The Kier molecular flexibility index (Phi) is 4.68. The molecule has 0 bridgehead atoms. The molecule has 1 aromatic rings. The van der Waals surface area contributed by atoms with Gasteiger partial charge in [0.15, 0.2) is 9.84 Å². The van der Waals surface area contributed by atoms with Crippen LogP contribution >= 0.6 is 0 Å². The third-order valence-electron chi connectivity index (χ3n) is 3.98. The summed E-state index contributed by atoms with van der Waals surface area (Å²) in [6.45, 7) is 4.29. The number of carbonyl (C=O) groups excluding carboxylic acids is 1. The van der Waals surface area contributed by atoms with E-state index in [-0.39, 0.29) is 23.5 Å². The first-order valence-electron chi connectivity index (χ1n) is 7.17. The van der Waals surface area contributed by atoms with Crippen molar-refractivity contribution in [2.45, 2.75) is 32.4 Å². The van der Waals surface area contributed by atoms with Crippen LogP contribution in [-0.4, -0.2) is 43.3 Å². The SMILES string of the molecule is CCN(C(=O)C(N)c1ccc(C)cc1)C1CCS(=O)(=O)C1. The van der Waals surface area contributed by atoms with E-state index < -0.39 is 15.9 Å². The van der Waals surface area contributed by atoms with Crippen molar-refractivity contribution < 1.29 is 13.2 Å². The number of nitrogens with zero attached hydrogens (tertiary/aromatic N) is 1. The van der Waals surface area contributed by atoms with Gasteiger partial charge in [-0.25, -0.2) is 8.42 Å².